The first-order chi connectivity index (χ1) is 10.1. The Hall–Kier alpha value is -1.35. The van der Waals surface area contributed by atoms with Crippen LogP contribution in [0.4, 0.5) is 0 Å². The average Bonchev–Trinajstić information content (AvgIpc) is 3.17. The minimum atomic E-state index is 0.161. The van der Waals surface area contributed by atoms with Crippen molar-refractivity contribution in [3.63, 3.8) is 0 Å². The zero-order chi connectivity index (χ0) is 14.8. The molecule has 3 heteroatoms. The first-order valence-electron chi connectivity index (χ1n) is 8.20. The fourth-order valence-corrected chi connectivity index (χ4v) is 3.37. The summed E-state index contributed by atoms with van der Waals surface area (Å²) >= 11 is 0. The normalized spacial score (nSPS) is 26.2. The second-order valence-electron chi connectivity index (χ2n) is 6.98. The van der Waals surface area contributed by atoms with Gasteiger partial charge in [0.15, 0.2) is 0 Å². The zero-order valence-electron chi connectivity index (χ0n) is 13.1. The third-order valence-corrected chi connectivity index (χ3v) is 4.81. The van der Waals surface area contributed by atoms with Crippen LogP contribution in [0.1, 0.15) is 32.3 Å². The molecule has 0 radical (unpaired) electrons. The highest BCUT2D eigenvalue weighted by molar-refractivity contribution is 5.80. The Labute approximate surface area is 127 Å². The highest BCUT2D eigenvalue weighted by Gasteiger charge is 2.40. The van der Waals surface area contributed by atoms with E-state index in [1.807, 2.05) is 0 Å². The number of nitrogens with zero attached hydrogens (tertiary/aromatic N) is 1. The summed E-state index contributed by atoms with van der Waals surface area (Å²) in [5.74, 6) is 1.48. The second kappa shape index (κ2) is 6.18. The maximum atomic E-state index is 12.5. The Morgan fingerprint density at radius 3 is 2.57 bits per heavy atom. The van der Waals surface area contributed by atoms with Gasteiger partial charge in [0.25, 0.3) is 0 Å². The molecule has 0 spiro atoms. The molecule has 21 heavy (non-hydrogen) atoms. The number of carbonyl (C=O) groups is 1. The molecule has 2 atom stereocenters. The molecular weight excluding hydrogens is 260 g/mol. The summed E-state index contributed by atoms with van der Waals surface area (Å²) < 4.78 is 0. The lowest BCUT2D eigenvalue weighted by Crippen LogP contribution is -2.37. The van der Waals surface area contributed by atoms with E-state index in [0.717, 1.165) is 19.6 Å². The van der Waals surface area contributed by atoms with Crippen LogP contribution in [0, 0.1) is 17.8 Å². The number of likely N-dealkylation sites (tertiary alicyclic amines) is 1. The molecule has 3 rings (SSSR count). The fraction of sp³-hybridized carbons (Fsp3) is 0.611. The van der Waals surface area contributed by atoms with Crippen LogP contribution in [0.2, 0.25) is 0 Å². The molecule has 1 aliphatic carbocycles. The summed E-state index contributed by atoms with van der Waals surface area (Å²) in [7, 11) is 0. The molecule has 1 aliphatic heterocycles. The number of hydrogen-bond acceptors (Lipinski definition) is 2. The molecule has 0 aromatic heterocycles. The van der Waals surface area contributed by atoms with E-state index in [9.17, 15) is 4.79 Å². The summed E-state index contributed by atoms with van der Waals surface area (Å²) in [5, 5.41) is 3.20. The van der Waals surface area contributed by atoms with E-state index in [4.69, 9.17) is 0 Å². The van der Waals surface area contributed by atoms with Crippen LogP contribution in [-0.4, -0.2) is 29.9 Å². The summed E-state index contributed by atoms with van der Waals surface area (Å²) in [6.45, 7) is 7.38. The van der Waals surface area contributed by atoms with Crippen molar-refractivity contribution in [3.8, 4) is 0 Å². The number of nitrogens with one attached hydrogen (secondary N) is 1. The Kier molecular flexibility index (Phi) is 4.29. The first-order valence-corrected chi connectivity index (χ1v) is 8.20. The fourth-order valence-electron chi connectivity index (χ4n) is 3.37. The Morgan fingerprint density at radius 2 is 1.95 bits per heavy atom. The van der Waals surface area contributed by atoms with E-state index in [1.165, 1.54) is 18.4 Å². The predicted molar refractivity (Wildman–Crippen MR) is 84.7 cm³/mol. The van der Waals surface area contributed by atoms with Gasteiger partial charge in [0, 0.05) is 25.7 Å². The van der Waals surface area contributed by atoms with Gasteiger partial charge in [-0.25, -0.2) is 0 Å². The standard InChI is InChI=1S/C18H26N2O/c1-13(2)16-11-20(10-14-6-4-3-5-7-14)12-17(16)18(21)19-15-8-9-15/h3-7,13,15-17H,8-12H2,1-2H3,(H,19,21). The molecule has 1 aromatic rings. The Bertz CT molecular complexity index is 481. The summed E-state index contributed by atoms with van der Waals surface area (Å²) in [5.41, 5.74) is 1.34. The average molecular weight is 286 g/mol. The quantitative estimate of drug-likeness (QED) is 0.902. The van der Waals surface area contributed by atoms with E-state index in [1.54, 1.807) is 0 Å². The van der Waals surface area contributed by atoms with Gasteiger partial charge in [-0.15, -0.1) is 0 Å². The van der Waals surface area contributed by atoms with Crippen molar-refractivity contribution in [2.45, 2.75) is 39.3 Å². The molecule has 1 amide bonds. The minimum Gasteiger partial charge on any atom is -0.353 e. The van der Waals surface area contributed by atoms with Gasteiger partial charge < -0.3 is 5.32 Å². The van der Waals surface area contributed by atoms with Crippen LogP contribution in [-0.2, 0) is 11.3 Å². The van der Waals surface area contributed by atoms with Gasteiger partial charge in [-0.2, -0.15) is 0 Å². The number of benzene rings is 1. The van der Waals surface area contributed by atoms with E-state index in [2.05, 4.69) is 54.4 Å². The number of hydrogen-bond donors (Lipinski definition) is 1. The van der Waals surface area contributed by atoms with Crippen LogP contribution >= 0.6 is 0 Å². The topological polar surface area (TPSA) is 32.3 Å². The van der Waals surface area contributed by atoms with Crippen molar-refractivity contribution in [2.24, 2.45) is 17.8 Å². The van der Waals surface area contributed by atoms with Crippen molar-refractivity contribution < 1.29 is 4.79 Å². The van der Waals surface area contributed by atoms with E-state index in [0.29, 0.717) is 17.9 Å². The molecule has 1 heterocycles. The third kappa shape index (κ3) is 3.65. The third-order valence-electron chi connectivity index (χ3n) is 4.81. The van der Waals surface area contributed by atoms with Crippen LogP contribution in [0.25, 0.3) is 0 Å². The number of rotatable bonds is 5. The lowest BCUT2D eigenvalue weighted by Gasteiger charge is -2.21. The van der Waals surface area contributed by atoms with Crippen LogP contribution in [0.3, 0.4) is 0 Å². The smallest absolute Gasteiger partial charge is 0.224 e. The summed E-state index contributed by atoms with van der Waals surface area (Å²) in [6.07, 6.45) is 2.33. The van der Waals surface area contributed by atoms with Crippen molar-refractivity contribution >= 4 is 5.91 Å². The monoisotopic (exact) mass is 286 g/mol. The van der Waals surface area contributed by atoms with Crippen LogP contribution < -0.4 is 5.32 Å². The van der Waals surface area contributed by atoms with Gasteiger partial charge in [0.05, 0.1) is 5.92 Å². The minimum absolute atomic E-state index is 0.161. The molecule has 3 nitrogen and oxygen atoms in total. The van der Waals surface area contributed by atoms with Crippen LogP contribution in [0.5, 0.6) is 0 Å². The summed E-state index contributed by atoms with van der Waals surface area (Å²) in [6, 6.07) is 11.0. The number of carbonyl (C=O) groups excluding carboxylic acids is 1. The Morgan fingerprint density at radius 1 is 1.24 bits per heavy atom. The largest absolute Gasteiger partial charge is 0.353 e. The molecule has 1 N–H and O–H groups in total. The maximum Gasteiger partial charge on any atom is 0.224 e. The van der Waals surface area contributed by atoms with E-state index in [-0.39, 0.29) is 11.8 Å². The molecule has 1 saturated heterocycles. The molecule has 2 aliphatic rings. The van der Waals surface area contributed by atoms with Gasteiger partial charge >= 0.3 is 0 Å². The molecule has 1 aromatic carbocycles. The van der Waals surface area contributed by atoms with Gasteiger partial charge in [-0.3, -0.25) is 9.69 Å². The first kappa shape index (κ1) is 14.6. The molecule has 2 unspecified atom stereocenters. The van der Waals surface area contributed by atoms with Gasteiger partial charge in [-0.1, -0.05) is 44.2 Å². The van der Waals surface area contributed by atoms with Crippen LogP contribution in [0.15, 0.2) is 30.3 Å². The van der Waals surface area contributed by atoms with E-state index >= 15 is 0 Å². The van der Waals surface area contributed by atoms with Gasteiger partial charge in [0.2, 0.25) is 5.91 Å². The van der Waals surface area contributed by atoms with Crippen molar-refractivity contribution in [2.75, 3.05) is 13.1 Å². The highest BCUT2D eigenvalue weighted by atomic mass is 16.2. The lowest BCUT2D eigenvalue weighted by molar-refractivity contribution is -0.126. The zero-order valence-corrected chi connectivity index (χ0v) is 13.1. The number of amides is 1. The maximum absolute atomic E-state index is 12.5. The molecule has 114 valence electrons. The lowest BCUT2D eigenvalue weighted by atomic mass is 9.85. The van der Waals surface area contributed by atoms with Crippen molar-refractivity contribution in [1.82, 2.24) is 10.2 Å². The molecular formula is C18H26N2O. The van der Waals surface area contributed by atoms with Crippen molar-refractivity contribution in [3.05, 3.63) is 35.9 Å². The van der Waals surface area contributed by atoms with Gasteiger partial charge in [-0.05, 0) is 30.2 Å². The Balaban J connectivity index is 1.64. The molecule has 2 fully saturated rings. The second-order valence-corrected chi connectivity index (χ2v) is 6.98. The molecule has 0 bridgehead atoms. The summed E-state index contributed by atoms with van der Waals surface area (Å²) in [4.78, 5) is 14.9. The van der Waals surface area contributed by atoms with Gasteiger partial charge in [0.1, 0.15) is 0 Å². The van der Waals surface area contributed by atoms with Crippen molar-refractivity contribution in [1.29, 1.82) is 0 Å². The predicted octanol–water partition coefficient (Wildman–Crippen LogP) is 2.67. The molecule has 1 saturated carbocycles. The van der Waals surface area contributed by atoms with E-state index < -0.39 is 0 Å². The highest BCUT2D eigenvalue weighted by Crippen LogP contribution is 2.32. The SMILES string of the molecule is CC(C)C1CN(Cc2ccccc2)CC1C(=O)NC1CC1.